The summed E-state index contributed by atoms with van der Waals surface area (Å²) in [6.45, 7) is 0. The molecule has 0 saturated heterocycles. The molecule has 0 spiro atoms. The van der Waals surface area contributed by atoms with Gasteiger partial charge in [0.25, 0.3) is 0 Å². The van der Waals surface area contributed by atoms with E-state index in [1.165, 1.54) is 30.4 Å². The molecule has 3 N–H and O–H groups in total. The van der Waals surface area contributed by atoms with E-state index in [0.29, 0.717) is 5.69 Å². The molecule has 132 valence electrons. The van der Waals surface area contributed by atoms with Gasteiger partial charge < -0.3 is 10.1 Å². The molecule has 1 aliphatic rings. The van der Waals surface area contributed by atoms with Gasteiger partial charge in [0.2, 0.25) is 10.0 Å². The molecule has 6 nitrogen and oxygen atoms in total. The lowest BCUT2D eigenvalue weighted by molar-refractivity contribution is 0.0601. The number of esters is 1. The van der Waals surface area contributed by atoms with Crippen molar-refractivity contribution in [3.05, 3.63) is 59.2 Å². The smallest absolute Gasteiger partial charge is 0.340 e. The second kappa shape index (κ2) is 6.85. The van der Waals surface area contributed by atoms with Crippen molar-refractivity contribution >= 4 is 21.7 Å². The molecule has 0 aromatic heterocycles. The fourth-order valence-electron chi connectivity index (χ4n) is 3.20. The summed E-state index contributed by atoms with van der Waals surface area (Å²) in [5.41, 5.74) is 3.16. The number of rotatable bonds is 4. The number of hydrogen-bond acceptors (Lipinski definition) is 5. The van der Waals surface area contributed by atoms with E-state index in [1.807, 2.05) is 12.1 Å². The predicted octanol–water partition coefficient (Wildman–Crippen LogP) is 2.61. The van der Waals surface area contributed by atoms with Crippen LogP contribution < -0.4 is 10.5 Å². The first-order valence-corrected chi connectivity index (χ1v) is 9.54. The zero-order valence-corrected chi connectivity index (χ0v) is 14.7. The number of carbonyl (C=O) groups excluding carboxylic acids is 1. The molecule has 25 heavy (non-hydrogen) atoms. The largest absolute Gasteiger partial charge is 0.465 e. The fraction of sp³-hybridized carbons (Fsp3) is 0.278. The van der Waals surface area contributed by atoms with Crippen molar-refractivity contribution in [1.29, 1.82) is 0 Å². The number of fused-ring (bicyclic) bond motifs is 1. The molecule has 1 unspecified atom stereocenters. The summed E-state index contributed by atoms with van der Waals surface area (Å²) in [4.78, 5) is 12.0. The lowest BCUT2D eigenvalue weighted by Crippen LogP contribution is -2.20. The van der Waals surface area contributed by atoms with Crippen LogP contribution in [0.15, 0.2) is 47.4 Å². The van der Waals surface area contributed by atoms with Gasteiger partial charge in [-0.2, -0.15) is 0 Å². The number of anilines is 1. The van der Waals surface area contributed by atoms with E-state index < -0.39 is 16.0 Å². The average Bonchev–Trinajstić information content (AvgIpc) is 2.61. The van der Waals surface area contributed by atoms with E-state index in [0.717, 1.165) is 19.3 Å². The molecule has 3 rings (SSSR count). The van der Waals surface area contributed by atoms with Crippen molar-refractivity contribution in [1.82, 2.24) is 0 Å². The molecular formula is C18H20N2O4S. The molecule has 2 aromatic rings. The van der Waals surface area contributed by atoms with Crippen molar-refractivity contribution in [2.24, 2.45) is 5.14 Å². The lowest BCUT2D eigenvalue weighted by atomic mass is 9.87. The van der Waals surface area contributed by atoms with Gasteiger partial charge in [0.15, 0.2) is 0 Å². The van der Waals surface area contributed by atoms with Crippen LogP contribution in [0, 0.1) is 0 Å². The first-order valence-electron chi connectivity index (χ1n) is 7.99. The predicted molar refractivity (Wildman–Crippen MR) is 94.9 cm³/mol. The monoisotopic (exact) mass is 360 g/mol. The van der Waals surface area contributed by atoms with Crippen LogP contribution in [0.25, 0.3) is 0 Å². The van der Waals surface area contributed by atoms with Crippen molar-refractivity contribution < 1.29 is 17.9 Å². The summed E-state index contributed by atoms with van der Waals surface area (Å²) < 4.78 is 27.9. The first kappa shape index (κ1) is 17.4. The number of methoxy groups -OCH3 is 1. The van der Waals surface area contributed by atoms with Crippen molar-refractivity contribution in [3.8, 4) is 0 Å². The number of ether oxygens (including phenoxy) is 1. The molecule has 1 aliphatic carbocycles. The fourth-order valence-corrected chi connectivity index (χ4v) is 3.74. The van der Waals surface area contributed by atoms with E-state index in [2.05, 4.69) is 17.4 Å². The summed E-state index contributed by atoms with van der Waals surface area (Å²) in [7, 11) is -2.65. The lowest BCUT2D eigenvalue weighted by Gasteiger charge is -2.28. The second-order valence-corrected chi connectivity index (χ2v) is 7.59. The number of primary sulfonamides is 1. The summed E-state index contributed by atoms with van der Waals surface area (Å²) >= 11 is 0. The Morgan fingerprint density at radius 1 is 1.24 bits per heavy atom. The van der Waals surface area contributed by atoms with Gasteiger partial charge in [-0.25, -0.2) is 18.4 Å². The number of nitrogens with two attached hydrogens (primary N) is 1. The molecule has 0 heterocycles. The SMILES string of the molecule is COC(=O)c1cc(S(N)(=O)=O)ccc1NC1CCCc2ccccc21. The highest BCUT2D eigenvalue weighted by Crippen LogP contribution is 2.33. The van der Waals surface area contributed by atoms with Gasteiger partial charge >= 0.3 is 5.97 Å². The number of nitrogens with one attached hydrogen (secondary N) is 1. The number of hydrogen-bond donors (Lipinski definition) is 2. The summed E-state index contributed by atoms with van der Waals surface area (Å²) in [6.07, 6.45) is 2.99. The molecule has 0 fully saturated rings. The quantitative estimate of drug-likeness (QED) is 0.817. The maximum absolute atomic E-state index is 12.1. The van der Waals surface area contributed by atoms with E-state index >= 15 is 0 Å². The van der Waals surface area contributed by atoms with Crippen molar-refractivity contribution in [2.75, 3.05) is 12.4 Å². The highest BCUT2D eigenvalue weighted by atomic mass is 32.2. The zero-order chi connectivity index (χ0) is 18.0. The minimum atomic E-state index is -3.90. The number of carbonyl (C=O) groups is 1. The van der Waals surface area contributed by atoms with Gasteiger partial charge in [-0.05, 0) is 48.6 Å². The van der Waals surface area contributed by atoms with E-state index in [4.69, 9.17) is 9.88 Å². The molecule has 0 bridgehead atoms. The third-order valence-electron chi connectivity index (χ3n) is 4.42. The van der Waals surface area contributed by atoms with Gasteiger partial charge in [-0.15, -0.1) is 0 Å². The minimum Gasteiger partial charge on any atom is -0.465 e. The molecule has 0 radical (unpaired) electrons. The second-order valence-electron chi connectivity index (χ2n) is 6.03. The third kappa shape index (κ3) is 3.67. The Balaban J connectivity index is 1.99. The number of benzene rings is 2. The van der Waals surface area contributed by atoms with Crippen LogP contribution in [-0.2, 0) is 21.2 Å². The Morgan fingerprint density at radius 3 is 2.72 bits per heavy atom. The van der Waals surface area contributed by atoms with Crippen LogP contribution in [-0.4, -0.2) is 21.5 Å². The van der Waals surface area contributed by atoms with Crippen LogP contribution >= 0.6 is 0 Å². The topological polar surface area (TPSA) is 98.5 Å². The molecule has 1 atom stereocenters. The van der Waals surface area contributed by atoms with Crippen LogP contribution in [0.5, 0.6) is 0 Å². The molecule has 2 aromatic carbocycles. The zero-order valence-electron chi connectivity index (χ0n) is 13.9. The van der Waals surface area contributed by atoms with Crippen LogP contribution in [0.3, 0.4) is 0 Å². The normalized spacial score (nSPS) is 16.8. The Hall–Kier alpha value is -2.38. The molecule has 0 saturated carbocycles. The summed E-state index contributed by atoms with van der Waals surface area (Å²) in [5.74, 6) is -0.614. The molecular weight excluding hydrogens is 340 g/mol. The minimum absolute atomic E-state index is 0.0497. The Morgan fingerprint density at radius 2 is 2.00 bits per heavy atom. The molecule has 0 aliphatic heterocycles. The van der Waals surface area contributed by atoms with Gasteiger partial charge in [0.05, 0.1) is 23.6 Å². The average molecular weight is 360 g/mol. The Kier molecular flexibility index (Phi) is 4.78. The summed E-state index contributed by atoms with van der Waals surface area (Å²) in [5, 5.41) is 8.53. The molecule has 0 amide bonds. The van der Waals surface area contributed by atoms with Crippen molar-refractivity contribution in [2.45, 2.75) is 30.2 Å². The highest BCUT2D eigenvalue weighted by Gasteiger charge is 2.23. The third-order valence-corrected chi connectivity index (χ3v) is 5.34. The van der Waals surface area contributed by atoms with Gasteiger partial charge in [-0.3, -0.25) is 0 Å². The molecule has 7 heteroatoms. The number of aryl methyl sites for hydroxylation is 1. The van der Waals surface area contributed by atoms with E-state index in [-0.39, 0.29) is 16.5 Å². The Labute approximate surface area is 147 Å². The van der Waals surface area contributed by atoms with Gasteiger partial charge in [-0.1, -0.05) is 24.3 Å². The number of sulfonamides is 1. The summed E-state index contributed by atoms with van der Waals surface area (Å²) in [6, 6.07) is 12.4. The Bertz CT molecular complexity index is 909. The van der Waals surface area contributed by atoms with Crippen LogP contribution in [0.4, 0.5) is 5.69 Å². The first-order chi connectivity index (χ1) is 11.9. The standard InChI is InChI=1S/C18H20N2O4S/c1-24-18(21)15-11-13(25(19,22)23)9-10-17(15)20-16-8-4-6-12-5-2-3-7-14(12)16/h2-3,5,7,9-11,16,20H,4,6,8H2,1H3,(H2,19,22,23). The van der Waals surface area contributed by atoms with E-state index in [1.54, 1.807) is 6.07 Å². The maximum Gasteiger partial charge on any atom is 0.340 e. The maximum atomic E-state index is 12.1. The van der Waals surface area contributed by atoms with E-state index in [9.17, 15) is 13.2 Å². The van der Waals surface area contributed by atoms with Crippen LogP contribution in [0.2, 0.25) is 0 Å². The van der Waals surface area contributed by atoms with Gasteiger partial charge in [0, 0.05) is 5.69 Å². The van der Waals surface area contributed by atoms with Crippen LogP contribution in [0.1, 0.15) is 40.4 Å². The van der Waals surface area contributed by atoms with Crippen molar-refractivity contribution in [3.63, 3.8) is 0 Å². The highest BCUT2D eigenvalue weighted by molar-refractivity contribution is 7.89. The van der Waals surface area contributed by atoms with Gasteiger partial charge in [0.1, 0.15) is 0 Å².